The Bertz CT molecular complexity index is 1200. The first-order chi connectivity index (χ1) is 17.4. The highest BCUT2D eigenvalue weighted by Crippen LogP contribution is 2.62. The molecule has 0 radical (unpaired) electrons. The minimum absolute atomic E-state index is 0.0799. The molecule has 10 atom stereocenters. The Morgan fingerprint density at radius 2 is 1.65 bits per heavy atom. The summed E-state index contributed by atoms with van der Waals surface area (Å²) in [6.07, 6.45) is -9.62. The molecule has 0 bridgehead atoms. The van der Waals surface area contributed by atoms with E-state index in [1.54, 1.807) is 0 Å². The third kappa shape index (κ3) is 5.85. The number of imidazole rings is 1. The van der Waals surface area contributed by atoms with Gasteiger partial charge < -0.3 is 50.2 Å². The van der Waals surface area contributed by atoms with Crippen LogP contribution in [0.15, 0.2) is 12.7 Å². The number of aromatic nitrogens is 4. The normalized spacial score (nSPS) is 35.5. The van der Waals surface area contributed by atoms with Gasteiger partial charge in [0.1, 0.15) is 55.6 Å². The molecule has 37 heavy (non-hydrogen) atoms. The lowest BCUT2D eigenvalue weighted by Crippen LogP contribution is -2.34. The molecule has 2 aliphatic rings. The Balaban J connectivity index is 1.37. The monoisotopic (exact) mass is 574 g/mol. The van der Waals surface area contributed by atoms with Gasteiger partial charge in [-0.05, 0) is 0 Å². The van der Waals surface area contributed by atoms with Crippen LogP contribution in [0.2, 0.25) is 0 Å². The van der Waals surface area contributed by atoms with Crippen LogP contribution in [0.25, 0.3) is 11.2 Å². The number of rotatable bonds is 10. The molecule has 6 unspecified atom stereocenters. The standard InChI is InChI=1S/C16H25N5O14P2/c1-30-37(29,35-36(27,28)31-2-7-10(23)12(25)16(26)34-7)32-3-6-9(22)11(24)15(33-6)21-5-20-8-13(17)18-4-19-14(8)21/h4-7,9-12,15-16,22-26H,2-3H2,1H3,(H,27,28)(H2,17,18,19)/p+1/t6-,7-,9?,10?,11?,12?,15-,16-,37?/m1/s1. The topological polar surface area (TPSA) is 284 Å². The van der Waals surface area contributed by atoms with Gasteiger partial charge in [0.05, 0.1) is 19.5 Å². The van der Waals surface area contributed by atoms with Crippen molar-refractivity contribution in [2.45, 2.75) is 49.1 Å². The van der Waals surface area contributed by atoms with Gasteiger partial charge >= 0.3 is 15.6 Å². The molecule has 21 heteroatoms. The van der Waals surface area contributed by atoms with E-state index in [1.807, 2.05) is 0 Å². The Hall–Kier alpha value is -1.67. The Kier molecular flexibility index (Phi) is 8.30. The van der Waals surface area contributed by atoms with Crippen LogP contribution in [0.1, 0.15) is 6.23 Å². The van der Waals surface area contributed by atoms with Crippen LogP contribution in [0, 0.1) is 0 Å². The molecule has 19 nitrogen and oxygen atoms in total. The summed E-state index contributed by atoms with van der Waals surface area (Å²) in [7, 11) is -8.88. The van der Waals surface area contributed by atoms with Crippen molar-refractivity contribution in [1.29, 1.82) is 0 Å². The molecule has 0 saturated carbocycles. The maximum Gasteiger partial charge on any atom is 0.644 e. The van der Waals surface area contributed by atoms with Crippen LogP contribution in [0.4, 0.5) is 5.82 Å². The number of anilines is 1. The lowest BCUT2D eigenvalue weighted by Gasteiger charge is -2.19. The van der Waals surface area contributed by atoms with Crippen LogP contribution in [-0.4, -0.2) is 118 Å². The predicted octanol–water partition coefficient (Wildman–Crippen LogP) is -3.12. The van der Waals surface area contributed by atoms with Gasteiger partial charge in [-0.2, -0.15) is 4.57 Å². The number of fused-ring (bicyclic) bond motifs is 1. The number of aliphatic hydroxyl groups excluding tert-OH is 5. The highest BCUT2D eigenvalue weighted by molar-refractivity contribution is 7.61. The fourth-order valence-corrected chi connectivity index (χ4v) is 6.13. The summed E-state index contributed by atoms with van der Waals surface area (Å²) in [6.45, 7) is -1.55. The molecule has 2 fully saturated rings. The third-order valence-corrected chi connectivity index (χ3v) is 8.68. The second-order valence-corrected chi connectivity index (χ2v) is 11.4. The largest absolute Gasteiger partial charge is 0.644 e. The highest BCUT2D eigenvalue weighted by atomic mass is 31.3. The summed E-state index contributed by atoms with van der Waals surface area (Å²) in [4.78, 5) is 21.8. The molecule has 9 N–H and O–H groups in total. The first kappa shape index (κ1) is 28.3. The number of hydrogen-bond donors (Lipinski definition) is 7. The zero-order chi connectivity index (χ0) is 27.1. The second-order valence-electron chi connectivity index (χ2n) is 7.99. The number of hydrogen-bond acceptors (Lipinski definition) is 16. The smallest absolute Gasteiger partial charge is 0.387 e. The lowest BCUT2D eigenvalue weighted by atomic mass is 10.1. The molecular formula is C16H26N5O14P2+. The number of nitrogens with two attached hydrogens (primary N) is 1. The number of phosphoric ester groups is 1. The molecule has 0 aromatic carbocycles. The molecular weight excluding hydrogens is 548 g/mol. The minimum Gasteiger partial charge on any atom is -0.387 e. The van der Waals surface area contributed by atoms with Gasteiger partial charge in [0, 0.05) is 0 Å². The van der Waals surface area contributed by atoms with Crippen molar-refractivity contribution in [2.24, 2.45) is 0 Å². The van der Waals surface area contributed by atoms with Gasteiger partial charge in [0.25, 0.3) is 0 Å². The molecule has 4 rings (SSSR count). The molecule has 0 amide bonds. The molecule has 2 aromatic heterocycles. The average molecular weight is 574 g/mol. The summed E-state index contributed by atoms with van der Waals surface area (Å²) in [5, 5.41) is 49.4. The first-order valence-corrected chi connectivity index (χ1v) is 13.5. The van der Waals surface area contributed by atoms with Gasteiger partial charge in [0.15, 0.2) is 24.0 Å². The average Bonchev–Trinajstić information content (AvgIpc) is 3.48. The molecule has 2 saturated heterocycles. The Morgan fingerprint density at radius 3 is 2.30 bits per heavy atom. The highest BCUT2D eigenvalue weighted by Gasteiger charge is 2.50. The zero-order valence-corrected chi connectivity index (χ0v) is 20.7. The van der Waals surface area contributed by atoms with E-state index in [4.69, 9.17) is 19.7 Å². The number of nitrogens with zero attached hydrogens (tertiary/aromatic N) is 4. The van der Waals surface area contributed by atoms with E-state index in [1.165, 1.54) is 17.2 Å². The van der Waals surface area contributed by atoms with Crippen molar-refractivity contribution in [1.82, 2.24) is 19.5 Å². The molecule has 2 aliphatic heterocycles. The van der Waals surface area contributed by atoms with Crippen LogP contribution in [0.5, 0.6) is 0 Å². The van der Waals surface area contributed by atoms with E-state index in [0.717, 1.165) is 7.11 Å². The number of aliphatic hydroxyl groups is 6. The van der Waals surface area contributed by atoms with E-state index in [2.05, 4.69) is 28.3 Å². The van der Waals surface area contributed by atoms with Gasteiger partial charge in [-0.1, -0.05) is 0 Å². The third-order valence-electron chi connectivity index (χ3n) is 5.59. The van der Waals surface area contributed by atoms with E-state index < -0.39 is 78.0 Å². The van der Waals surface area contributed by atoms with Gasteiger partial charge in [0.2, 0.25) is 0 Å². The van der Waals surface area contributed by atoms with Crippen molar-refractivity contribution in [2.75, 3.05) is 26.1 Å². The summed E-state index contributed by atoms with van der Waals surface area (Å²) in [6, 6.07) is 0. The molecule has 208 valence electrons. The molecule has 0 spiro atoms. The summed E-state index contributed by atoms with van der Waals surface area (Å²) < 4.78 is 54.3. The zero-order valence-electron chi connectivity index (χ0n) is 18.9. The quantitative estimate of drug-likeness (QED) is 0.109. The number of phosphoric acid groups is 1. The van der Waals surface area contributed by atoms with Gasteiger partial charge in [-0.3, -0.25) is 9.09 Å². The Morgan fingerprint density at radius 1 is 1.00 bits per heavy atom. The van der Waals surface area contributed by atoms with Crippen LogP contribution in [0.3, 0.4) is 0 Å². The SMILES string of the molecule is C[OH+]P(=O)(OC[C@H]1O[C@@H](n2cnc3c(N)ncnc32)C(O)C1O)OP(=O)(O)OC[C@H]1O[C@@H](O)C(O)C1O. The van der Waals surface area contributed by atoms with Crippen molar-refractivity contribution < 1.29 is 66.9 Å². The lowest BCUT2D eigenvalue weighted by molar-refractivity contribution is -0.132. The van der Waals surface area contributed by atoms with Gasteiger partial charge in [-0.15, -0.1) is 4.31 Å². The predicted molar refractivity (Wildman–Crippen MR) is 117 cm³/mol. The van der Waals surface area contributed by atoms with Crippen LogP contribution >= 0.6 is 15.6 Å². The van der Waals surface area contributed by atoms with Crippen LogP contribution in [-0.2, 0) is 32.0 Å². The van der Waals surface area contributed by atoms with E-state index in [-0.39, 0.29) is 17.0 Å². The second kappa shape index (κ2) is 10.8. The maximum atomic E-state index is 12.8. The summed E-state index contributed by atoms with van der Waals surface area (Å²) in [5.74, 6) is 0.0799. The first-order valence-electron chi connectivity index (χ1n) is 10.5. The number of ether oxygens (including phenoxy) is 2. The molecule has 0 aliphatic carbocycles. The Labute approximate surface area is 207 Å². The number of nitrogen functional groups attached to an aromatic ring is 1. The van der Waals surface area contributed by atoms with Gasteiger partial charge in [-0.25, -0.2) is 24.0 Å². The maximum absolute atomic E-state index is 12.8. The van der Waals surface area contributed by atoms with Crippen molar-refractivity contribution in [3.8, 4) is 0 Å². The summed E-state index contributed by atoms with van der Waals surface area (Å²) >= 11 is 0. The van der Waals surface area contributed by atoms with Crippen molar-refractivity contribution >= 4 is 32.6 Å². The van der Waals surface area contributed by atoms with Crippen molar-refractivity contribution in [3.63, 3.8) is 0 Å². The van der Waals surface area contributed by atoms with E-state index in [9.17, 15) is 39.6 Å². The molecule has 4 heterocycles. The fourth-order valence-electron chi connectivity index (χ4n) is 3.63. The van der Waals surface area contributed by atoms with E-state index >= 15 is 0 Å². The van der Waals surface area contributed by atoms with Crippen molar-refractivity contribution in [3.05, 3.63) is 12.7 Å². The minimum atomic E-state index is -5.15. The molecule has 2 aromatic rings. The van der Waals surface area contributed by atoms with Crippen LogP contribution < -0.4 is 5.73 Å². The van der Waals surface area contributed by atoms with E-state index in [0.29, 0.717) is 0 Å². The fraction of sp³-hybridized carbons (Fsp3) is 0.688. The summed E-state index contributed by atoms with van der Waals surface area (Å²) in [5.41, 5.74) is 6.18.